The molecular formula is C15H14Cl2N2O3. The molecule has 3 rings (SSSR count). The lowest BCUT2D eigenvalue weighted by atomic mass is 10.2. The molecule has 116 valence electrons. The molecule has 7 heteroatoms. The van der Waals surface area contributed by atoms with E-state index in [-0.39, 0.29) is 17.9 Å². The van der Waals surface area contributed by atoms with Crippen molar-refractivity contribution < 1.29 is 14.3 Å². The lowest BCUT2D eigenvalue weighted by molar-refractivity contribution is 0.0747. The van der Waals surface area contributed by atoms with Gasteiger partial charge in [-0.15, -0.1) is 0 Å². The highest BCUT2D eigenvalue weighted by Crippen LogP contribution is 2.33. The van der Waals surface area contributed by atoms with Crippen molar-refractivity contribution >= 4 is 29.1 Å². The number of nitrogens with one attached hydrogen (secondary N) is 1. The number of hydrogen-bond donors (Lipinski definition) is 1. The highest BCUT2D eigenvalue weighted by Gasteiger charge is 2.19. The summed E-state index contributed by atoms with van der Waals surface area (Å²) in [5.41, 5.74) is 1.33. The molecule has 0 bridgehead atoms. The topological polar surface area (TPSA) is 54.6 Å². The minimum Gasteiger partial charge on any atom is -0.454 e. The van der Waals surface area contributed by atoms with E-state index < -0.39 is 0 Å². The first kappa shape index (κ1) is 15.1. The smallest absolute Gasteiger partial charge is 0.270 e. The Balaban J connectivity index is 1.78. The minimum atomic E-state index is -0.158. The molecule has 1 aromatic heterocycles. The van der Waals surface area contributed by atoms with Crippen LogP contribution in [0.25, 0.3) is 0 Å². The third-order valence-electron chi connectivity index (χ3n) is 3.43. The van der Waals surface area contributed by atoms with Crippen LogP contribution in [0.3, 0.4) is 0 Å². The lowest BCUT2D eigenvalue weighted by Gasteiger charge is -2.20. The summed E-state index contributed by atoms with van der Waals surface area (Å²) in [4.78, 5) is 17.0. The number of benzene rings is 1. The number of aromatic nitrogens is 1. The quantitative estimate of drug-likeness (QED) is 0.922. The predicted molar refractivity (Wildman–Crippen MR) is 83.8 cm³/mol. The van der Waals surface area contributed by atoms with Crippen LogP contribution < -0.4 is 9.47 Å². The van der Waals surface area contributed by atoms with Gasteiger partial charge in [0.25, 0.3) is 5.91 Å². The second-order valence-corrected chi connectivity index (χ2v) is 5.64. The number of carbonyl (C=O) groups excluding carboxylic acids is 1. The summed E-state index contributed by atoms with van der Waals surface area (Å²) in [6, 6.07) is 7.18. The van der Waals surface area contributed by atoms with Gasteiger partial charge in [0.15, 0.2) is 11.5 Å². The van der Waals surface area contributed by atoms with Crippen molar-refractivity contribution in [3.8, 4) is 11.5 Å². The van der Waals surface area contributed by atoms with Crippen molar-refractivity contribution in [3.05, 3.63) is 45.7 Å². The van der Waals surface area contributed by atoms with Gasteiger partial charge in [0.2, 0.25) is 6.79 Å². The molecule has 0 aliphatic carbocycles. The molecule has 2 heterocycles. The molecule has 0 atom stereocenters. The van der Waals surface area contributed by atoms with Gasteiger partial charge in [-0.05, 0) is 30.7 Å². The Morgan fingerprint density at radius 2 is 2.05 bits per heavy atom. The number of H-pyrrole nitrogens is 1. The zero-order valence-electron chi connectivity index (χ0n) is 11.9. The number of amides is 1. The standard InChI is InChI=1S/C15H14Cl2N2O3/c1-2-19(15(20)11-6-10(16)14(17)18-11)7-9-3-4-12-13(5-9)22-8-21-12/h3-6,18H,2,7-8H2,1H3. The molecule has 0 saturated heterocycles. The first-order valence-electron chi connectivity index (χ1n) is 6.80. The monoisotopic (exact) mass is 340 g/mol. The molecule has 0 radical (unpaired) electrons. The summed E-state index contributed by atoms with van der Waals surface area (Å²) in [7, 11) is 0. The summed E-state index contributed by atoms with van der Waals surface area (Å²) in [5, 5.41) is 0.605. The van der Waals surface area contributed by atoms with E-state index in [9.17, 15) is 4.79 Å². The van der Waals surface area contributed by atoms with Gasteiger partial charge in [-0.1, -0.05) is 29.3 Å². The fourth-order valence-electron chi connectivity index (χ4n) is 2.28. The molecule has 1 aliphatic rings. The van der Waals surface area contributed by atoms with Crippen LogP contribution in [0.5, 0.6) is 11.5 Å². The molecule has 1 amide bonds. The minimum absolute atomic E-state index is 0.158. The van der Waals surface area contributed by atoms with E-state index in [0.717, 1.165) is 11.3 Å². The molecule has 1 aliphatic heterocycles. The molecule has 2 aromatic rings. The van der Waals surface area contributed by atoms with Gasteiger partial charge in [-0.3, -0.25) is 4.79 Å². The maximum atomic E-state index is 12.5. The first-order valence-corrected chi connectivity index (χ1v) is 7.56. The number of ether oxygens (including phenoxy) is 2. The van der Waals surface area contributed by atoms with Crippen molar-refractivity contribution in [2.75, 3.05) is 13.3 Å². The summed E-state index contributed by atoms with van der Waals surface area (Å²) in [5.74, 6) is 1.27. The van der Waals surface area contributed by atoms with E-state index in [0.29, 0.717) is 29.6 Å². The third-order valence-corrected chi connectivity index (χ3v) is 4.13. The zero-order valence-corrected chi connectivity index (χ0v) is 13.4. The van der Waals surface area contributed by atoms with Crippen molar-refractivity contribution in [1.29, 1.82) is 0 Å². The van der Waals surface area contributed by atoms with Gasteiger partial charge >= 0.3 is 0 Å². The van der Waals surface area contributed by atoms with Crippen LogP contribution in [-0.2, 0) is 6.54 Å². The van der Waals surface area contributed by atoms with Crippen molar-refractivity contribution in [3.63, 3.8) is 0 Å². The van der Waals surface area contributed by atoms with E-state index in [1.807, 2.05) is 25.1 Å². The third kappa shape index (κ3) is 2.87. The largest absolute Gasteiger partial charge is 0.454 e. The summed E-state index contributed by atoms with van der Waals surface area (Å²) in [6.07, 6.45) is 0. The molecule has 0 saturated carbocycles. The molecule has 22 heavy (non-hydrogen) atoms. The van der Waals surface area contributed by atoms with Crippen LogP contribution in [0.4, 0.5) is 0 Å². The van der Waals surface area contributed by atoms with Crippen molar-refractivity contribution in [1.82, 2.24) is 9.88 Å². The summed E-state index contributed by atoms with van der Waals surface area (Å²) < 4.78 is 10.6. The Morgan fingerprint density at radius 3 is 2.73 bits per heavy atom. The fourth-order valence-corrected chi connectivity index (χ4v) is 2.59. The van der Waals surface area contributed by atoms with Gasteiger partial charge in [0.1, 0.15) is 10.8 Å². The van der Waals surface area contributed by atoms with Crippen LogP contribution in [0.15, 0.2) is 24.3 Å². The first-order chi connectivity index (χ1) is 10.6. The average molecular weight is 341 g/mol. The Morgan fingerprint density at radius 1 is 1.27 bits per heavy atom. The van der Waals surface area contributed by atoms with Crippen LogP contribution in [0.1, 0.15) is 23.0 Å². The van der Waals surface area contributed by atoms with E-state index in [2.05, 4.69) is 4.98 Å². The second kappa shape index (κ2) is 6.10. The lowest BCUT2D eigenvalue weighted by Crippen LogP contribution is -2.30. The van der Waals surface area contributed by atoms with Crippen molar-refractivity contribution in [2.45, 2.75) is 13.5 Å². The van der Waals surface area contributed by atoms with E-state index in [4.69, 9.17) is 32.7 Å². The van der Waals surface area contributed by atoms with E-state index in [1.165, 1.54) is 6.07 Å². The number of fused-ring (bicyclic) bond motifs is 1. The molecule has 5 nitrogen and oxygen atoms in total. The van der Waals surface area contributed by atoms with Crippen LogP contribution in [0, 0.1) is 0 Å². The van der Waals surface area contributed by atoms with Gasteiger partial charge in [-0.2, -0.15) is 0 Å². The average Bonchev–Trinajstić information content (AvgIpc) is 3.10. The number of hydrogen-bond acceptors (Lipinski definition) is 3. The van der Waals surface area contributed by atoms with Gasteiger partial charge in [-0.25, -0.2) is 0 Å². The highest BCUT2D eigenvalue weighted by atomic mass is 35.5. The van der Waals surface area contributed by atoms with Crippen LogP contribution in [-0.4, -0.2) is 29.1 Å². The van der Waals surface area contributed by atoms with E-state index >= 15 is 0 Å². The molecule has 1 N–H and O–H groups in total. The highest BCUT2D eigenvalue weighted by molar-refractivity contribution is 6.41. The number of halogens is 2. The van der Waals surface area contributed by atoms with Crippen molar-refractivity contribution in [2.24, 2.45) is 0 Å². The van der Waals surface area contributed by atoms with Crippen LogP contribution >= 0.6 is 23.2 Å². The maximum Gasteiger partial charge on any atom is 0.270 e. The summed E-state index contributed by atoms with van der Waals surface area (Å²) in [6.45, 7) is 3.16. The predicted octanol–water partition coefficient (Wildman–Crippen LogP) is 3.71. The normalized spacial score (nSPS) is 12.5. The Bertz CT molecular complexity index is 695. The Kier molecular flexibility index (Phi) is 4.18. The number of nitrogens with zero attached hydrogens (tertiary/aromatic N) is 1. The fraction of sp³-hybridized carbons (Fsp3) is 0.267. The van der Waals surface area contributed by atoms with Gasteiger partial charge in [0.05, 0.1) is 5.02 Å². The number of rotatable bonds is 4. The Labute approximate surface area is 137 Å². The molecule has 1 aromatic carbocycles. The SMILES string of the molecule is CCN(Cc1ccc2c(c1)OCO2)C(=O)c1cc(Cl)c(Cl)[nH]1. The molecule has 0 unspecified atom stereocenters. The number of aromatic amines is 1. The van der Waals surface area contributed by atoms with Gasteiger partial charge in [0, 0.05) is 13.1 Å². The molecule has 0 spiro atoms. The second-order valence-electron chi connectivity index (χ2n) is 4.85. The number of carbonyl (C=O) groups is 1. The van der Waals surface area contributed by atoms with Crippen LogP contribution in [0.2, 0.25) is 10.2 Å². The zero-order chi connectivity index (χ0) is 15.7. The summed E-state index contributed by atoms with van der Waals surface area (Å²) >= 11 is 11.7. The van der Waals surface area contributed by atoms with E-state index in [1.54, 1.807) is 4.90 Å². The van der Waals surface area contributed by atoms with Gasteiger partial charge < -0.3 is 19.4 Å². The maximum absolute atomic E-state index is 12.5. The molecular weight excluding hydrogens is 327 g/mol. The molecule has 0 fully saturated rings. The Hall–Kier alpha value is -1.85.